The first-order valence-corrected chi connectivity index (χ1v) is 8.54. The zero-order valence-corrected chi connectivity index (χ0v) is 16.0. The number of hydrogen-bond acceptors (Lipinski definition) is 4. The number of carbonyl (C=O) groups is 1. The summed E-state index contributed by atoms with van der Waals surface area (Å²) in [5.74, 6) is 0.777. The topological polar surface area (TPSA) is 71.3 Å². The molecule has 25 heavy (non-hydrogen) atoms. The molecule has 0 aliphatic rings. The molecule has 1 N–H and O–H groups in total. The Bertz CT molecular complexity index is 841. The lowest BCUT2D eigenvalue weighted by Gasteiger charge is -2.09. The molecule has 2 rings (SSSR count). The Hall–Kier alpha value is -2.53. The van der Waals surface area contributed by atoms with Crippen LogP contribution in [0.25, 0.3) is 6.08 Å². The lowest BCUT2D eigenvalue weighted by atomic mass is 10.1. The number of hydrogen-bond donors (Lipinski definition) is 1. The zero-order chi connectivity index (χ0) is 18.2. The summed E-state index contributed by atoms with van der Waals surface area (Å²) in [7, 11) is 1.52. The highest BCUT2D eigenvalue weighted by atomic mass is 127. The van der Waals surface area contributed by atoms with Gasteiger partial charge in [0.2, 0.25) is 5.91 Å². The summed E-state index contributed by atoms with van der Waals surface area (Å²) in [6, 6.07) is 13.0. The molecule has 0 atom stereocenters. The number of benzene rings is 2. The Morgan fingerprint density at radius 2 is 2.08 bits per heavy atom. The number of nitriles is 1. The summed E-state index contributed by atoms with van der Waals surface area (Å²) >= 11 is 2.23. The van der Waals surface area contributed by atoms with Gasteiger partial charge in [-0.15, -0.1) is 0 Å². The minimum absolute atomic E-state index is 0.0523. The van der Waals surface area contributed by atoms with Gasteiger partial charge in [0.05, 0.1) is 7.11 Å². The van der Waals surface area contributed by atoms with E-state index in [0.29, 0.717) is 11.5 Å². The molecule has 0 aromatic heterocycles. The Labute approximate surface area is 160 Å². The minimum atomic E-state index is -0.215. The van der Waals surface area contributed by atoms with E-state index in [0.717, 1.165) is 20.4 Å². The first-order chi connectivity index (χ1) is 12.0. The molecule has 5 nitrogen and oxygen atoms in total. The van der Waals surface area contributed by atoms with Gasteiger partial charge in [-0.2, -0.15) is 5.26 Å². The quantitative estimate of drug-likeness (QED) is 0.532. The normalized spacial score (nSPS) is 10.3. The molecular weight excluding hydrogens is 431 g/mol. The molecule has 2 aromatic carbocycles. The van der Waals surface area contributed by atoms with Crippen LogP contribution in [0.1, 0.15) is 11.1 Å². The maximum absolute atomic E-state index is 12.1. The molecule has 0 spiro atoms. The molecule has 0 aliphatic heterocycles. The van der Waals surface area contributed by atoms with E-state index >= 15 is 0 Å². The summed E-state index contributed by atoms with van der Waals surface area (Å²) in [5.41, 5.74) is 2.58. The predicted molar refractivity (Wildman–Crippen MR) is 106 cm³/mol. The number of aryl methyl sites for hydroxylation is 1. The third-order valence-electron chi connectivity index (χ3n) is 3.35. The van der Waals surface area contributed by atoms with E-state index < -0.39 is 0 Å². The van der Waals surface area contributed by atoms with Crippen LogP contribution in [-0.2, 0) is 4.79 Å². The molecule has 0 unspecified atom stereocenters. The molecule has 0 aliphatic carbocycles. The largest absolute Gasteiger partial charge is 0.493 e. The van der Waals surface area contributed by atoms with Crippen molar-refractivity contribution in [2.75, 3.05) is 19.0 Å². The van der Waals surface area contributed by atoms with Crippen molar-refractivity contribution in [3.8, 4) is 17.6 Å². The maximum atomic E-state index is 12.1. The van der Waals surface area contributed by atoms with Gasteiger partial charge in [-0.3, -0.25) is 4.79 Å². The standard InChI is InChI=1S/C19H17IN2O3/c1-13-11-15(20)5-6-16(13)22-19(23)8-4-14-3-7-17(25-10-9-21)18(12-14)24-2/h3-8,11-12H,10H2,1-2H3,(H,22,23)/b8-4-. The number of nitrogens with zero attached hydrogens (tertiary/aromatic N) is 1. The highest BCUT2D eigenvalue weighted by Gasteiger charge is 2.05. The molecule has 128 valence electrons. The highest BCUT2D eigenvalue weighted by Crippen LogP contribution is 2.28. The lowest BCUT2D eigenvalue weighted by Crippen LogP contribution is -2.08. The summed E-state index contributed by atoms with van der Waals surface area (Å²) in [6.45, 7) is 1.90. The first-order valence-electron chi connectivity index (χ1n) is 7.46. The van der Waals surface area contributed by atoms with Gasteiger partial charge < -0.3 is 14.8 Å². The van der Waals surface area contributed by atoms with E-state index in [-0.39, 0.29) is 12.5 Å². The number of amides is 1. The van der Waals surface area contributed by atoms with E-state index in [2.05, 4.69) is 27.9 Å². The molecule has 0 radical (unpaired) electrons. The number of methoxy groups -OCH3 is 1. The molecule has 6 heteroatoms. The van der Waals surface area contributed by atoms with E-state index in [4.69, 9.17) is 14.7 Å². The van der Waals surface area contributed by atoms with Gasteiger partial charge in [-0.25, -0.2) is 0 Å². The fourth-order valence-corrected chi connectivity index (χ4v) is 2.78. The minimum Gasteiger partial charge on any atom is -0.493 e. The van der Waals surface area contributed by atoms with Crippen molar-refractivity contribution in [1.29, 1.82) is 5.26 Å². The second-order valence-electron chi connectivity index (χ2n) is 5.14. The van der Waals surface area contributed by atoms with Crippen LogP contribution in [0.5, 0.6) is 11.5 Å². The van der Waals surface area contributed by atoms with Gasteiger partial charge in [0, 0.05) is 15.3 Å². The van der Waals surface area contributed by atoms with E-state index in [1.54, 1.807) is 24.3 Å². The van der Waals surface area contributed by atoms with Crippen LogP contribution in [-0.4, -0.2) is 19.6 Å². The fourth-order valence-electron chi connectivity index (χ4n) is 2.13. The molecule has 1 amide bonds. The van der Waals surface area contributed by atoms with E-state index in [1.807, 2.05) is 31.2 Å². The second-order valence-corrected chi connectivity index (χ2v) is 6.38. The Morgan fingerprint density at radius 3 is 2.76 bits per heavy atom. The number of nitrogens with one attached hydrogen (secondary N) is 1. The molecule has 2 aromatic rings. The summed E-state index contributed by atoms with van der Waals surface area (Å²) in [5, 5.41) is 11.4. The van der Waals surface area contributed by atoms with Crippen LogP contribution in [0.3, 0.4) is 0 Å². The highest BCUT2D eigenvalue weighted by molar-refractivity contribution is 14.1. The molecule has 0 heterocycles. The zero-order valence-electron chi connectivity index (χ0n) is 13.9. The number of anilines is 1. The number of halogens is 1. The lowest BCUT2D eigenvalue weighted by molar-refractivity contribution is -0.111. The first kappa shape index (κ1) is 18.8. The van der Waals surface area contributed by atoms with Crippen LogP contribution in [0, 0.1) is 21.8 Å². The van der Waals surface area contributed by atoms with Crippen molar-refractivity contribution in [3.63, 3.8) is 0 Å². The van der Waals surface area contributed by atoms with Gasteiger partial charge >= 0.3 is 0 Å². The molecule has 0 saturated heterocycles. The Kier molecular flexibility index (Phi) is 6.83. The van der Waals surface area contributed by atoms with Crippen molar-refractivity contribution < 1.29 is 14.3 Å². The summed E-state index contributed by atoms with van der Waals surface area (Å²) < 4.78 is 11.6. The van der Waals surface area contributed by atoms with Crippen molar-refractivity contribution in [2.24, 2.45) is 0 Å². The van der Waals surface area contributed by atoms with Crippen LogP contribution in [0.15, 0.2) is 42.5 Å². The fraction of sp³-hybridized carbons (Fsp3) is 0.158. The van der Waals surface area contributed by atoms with Crippen molar-refractivity contribution in [3.05, 3.63) is 57.2 Å². The summed E-state index contributed by atoms with van der Waals surface area (Å²) in [6.07, 6.45) is 3.15. The van der Waals surface area contributed by atoms with Gasteiger partial charge in [0.25, 0.3) is 0 Å². The third-order valence-corrected chi connectivity index (χ3v) is 4.02. The van der Waals surface area contributed by atoms with Crippen molar-refractivity contribution in [1.82, 2.24) is 0 Å². The van der Waals surface area contributed by atoms with Gasteiger partial charge in [0.15, 0.2) is 18.1 Å². The van der Waals surface area contributed by atoms with E-state index in [1.165, 1.54) is 13.2 Å². The SMILES string of the molecule is COc1cc(/C=C\C(=O)Nc2ccc(I)cc2C)ccc1OCC#N. The monoisotopic (exact) mass is 448 g/mol. The number of ether oxygens (including phenoxy) is 2. The predicted octanol–water partition coefficient (Wildman–Crippen LogP) is 4.16. The second kappa shape index (κ2) is 9.08. The Morgan fingerprint density at radius 1 is 1.28 bits per heavy atom. The maximum Gasteiger partial charge on any atom is 0.248 e. The van der Waals surface area contributed by atoms with Crippen LogP contribution in [0.4, 0.5) is 5.69 Å². The van der Waals surface area contributed by atoms with Crippen LogP contribution < -0.4 is 14.8 Å². The third kappa shape index (κ3) is 5.50. The van der Waals surface area contributed by atoms with Crippen LogP contribution >= 0.6 is 22.6 Å². The average molecular weight is 448 g/mol. The molecule has 0 fully saturated rings. The average Bonchev–Trinajstić information content (AvgIpc) is 2.60. The molecular formula is C19H17IN2O3. The smallest absolute Gasteiger partial charge is 0.248 e. The molecule has 0 bridgehead atoms. The van der Waals surface area contributed by atoms with Crippen LogP contribution in [0.2, 0.25) is 0 Å². The van der Waals surface area contributed by atoms with Gasteiger partial charge in [-0.05, 0) is 77.0 Å². The van der Waals surface area contributed by atoms with Gasteiger partial charge in [0.1, 0.15) is 6.07 Å². The Balaban J connectivity index is 2.07. The van der Waals surface area contributed by atoms with E-state index in [9.17, 15) is 4.79 Å². The van der Waals surface area contributed by atoms with Crippen molar-refractivity contribution in [2.45, 2.75) is 6.92 Å². The number of carbonyl (C=O) groups excluding carboxylic acids is 1. The number of rotatable bonds is 6. The van der Waals surface area contributed by atoms with Crippen molar-refractivity contribution >= 4 is 40.3 Å². The van der Waals surface area contributed by atoms with Gasteiger partial charge in [-0.1, -0.05) is 6.07 Å². The molecule has 0 saturated carbocycles. The summed E-state index contributed by atoms with van der Waals surface area (Å²) in [4.78, 5) is 12.1.